The minimum Gasteiger partial charge on any atom is -0.395 e. The van der Waals surface area contributed by atoms with Gasteiger partial charge < -0.3 is 5.11 Å². The molecule has 0 radical (unpaired) electrons. The van der Waals surface area contributed by atoms with Crippen LogP contribution < -0.4 is 4.72 Å². The van der Waals surface area contributed by atoms with E-state index in [1.165, 1.54) is 17.9 Å². The molecule has 0 aliphatic heterocycles. The van der Waals surface area contributed by atoms with Gasteiger partial charge in [-0.2, -0.15) is 5.10 Å². The van der Waals surface area contributed by atoms with E-state index in [0.717, 1.165) is 0 Å². The largest absolute Gasteiger partial charge is 0.395 e. The van der Waals surface area contributed by atoms with Crippen molar-refractivity contribution in [1.29, 1.82) is 0 Å². The lowest BCUT2D eigenvalue weighted by Gasteiger charge is -2.14. The molecular formula is C8H14ClN3O3S. The summed E-state index contributed by atoms with van der Waals surface area (Å²) in [4.78, 5) is 0. The van der Waals surface area contributed by atoms with Crippen LogP contribution in [-0.4, -0.2) is 36.0 Å². The van der Waals surface area contributed by atoms with E-state index in [4.69, 9.17) is 16.7 Å². The Morgan fingerprint density at radius 3 is 2.69 bits per heavy atom. The molecule has 1 aromatic rings. The zero-order chi connectivity index (χ0) is 12.3. The molecule has 2 N–H and O–H groups in total. The summed E-state index contributed by atoms with van der Waals surface area (Å²) in [6.07, 6.45) is 1.75. The number of aromatic nitrogens is 2. The Hall–Kier alpha value is -0.630. The number of hydrogen-bond donors (Lipinski definition) is 2. The number of rotatable bonds is 5. The summed E-state index contributed by atoms with van der Waals surface area (Å²) in [6, 6.07) is -0.518. The summed E-state index contributed by atoms with van der Waals surface area (Å²) in [5, 5.41) is 12.6. The smallest absolute Gasteiger partial charge is 0.259 e. The number of nitrogens with one attached hydrogen (secondary N) is 1. The highest BCUT2D eigenvalue weighted by Crippen LogP contribution is 2.19. The maximum absolute atomic E-state index is 11.9. The molecule has 0 saturated heterocycles. The SMILES string of the molecule is CCC(CO)NS(=O)(=O)c1c(Cl)cnn1C. The third-order valence-corrected chi connectivity index (χ3v) is 4.16. The van der Waals surface area contributed by atoms with Gasteiger partial charge in [-0.25, -0.2) is 13.1 Å². The van der Waals surface area contributed by atoms with Crippen LogP contribution in [0.5, 0.6) is 0 Å². The Kier molecular flexibility index (Phi) is 4.31. The van der Waals surface area contributed by atoms with E-state index in [0.29, 0.717) is 6.42 Å². The maximum atomic E-state index is 11.9. The van der Waals surface area contributed by atoms with Crippen molar-refractivity contribution in [2.24, 2.45) is 7.05 Å². The first kappa shape index (κ1) is 13.4. The molecule has 0 fully saturated rings. The molecule has 6 nitrogen and oxygen atoms in total. The Labute approximate surface area is 99.3 Å². The van der Waals surface area contributed by atoms with Gasteiger partial charge in [-0.3, -0.25) is 4.68 Å². The minimum absolute atomic E-state index is 0.0581. The molecule has 16 heavy (non-hydrogen) atoms. The van der Waals surface area contributed by atoms with E-state index in [1.807, 2.05) is 0 Å². The average molecular weight is 268 g/mol. The Balaban J connectivity index is 3.03. The number of nitrogens with zero attached hydrogens (tertiary/aromatic N) is 2. The molecule has 1 atom stereocenters. The molecule has 1 aromatic heterocycles. The van der Waals surface area contributed by atoms with E-state index in [2.05, 4.69) is 9.82 Å². The molecule has 92 valence electrons. The second kappa shape index (κ2) is 5.13. The summed E-state index contributed by atoms with van der Waals surface area (Å²) in [5.41, 5.74) is 0. The van der Waals surface area contributed by atoms with Gasteiger partial charge in [-0.05, 0) is 6.42 Å². The van der Waals surface area contributed by atoms with Crippen LogP contribution in [0.2, 0.25) is 5.02 Å². The molecule has 0 amide bonds. The fraction of sp³-hybridized carbons (Fsp3) is 0.625. The van der Waals surface area contributed by atoms with Gasteiger partial charge in [0.2, 0.25) is 0 Å². The molecule has 0 aliphatic carbocycles. The molecule has 0 saturated carbocycles. The number of aryl methyl sites for hydroxylation is 1. The van der Waals surface area contributed by atoms with Gasteiger partial charge in [0.25, 0.3) is 10.0 Å². The van der Waals surface area contributed by atoms with Crippen LogP contribution in [0.3, 0.4) is 0 Å². The van der Waals surface area contributed by atoms with Crippen LogP contribution in [0.15, 0.2) is 11.2 Å². The first-order chi connectivity index (χ1) is 7.42. The number of aliphatic hydroxyl groups excluding tert-OH is 1. The van der Waals surface area contributed by atoms with Gasteiger partial charge in [0.05, 0.1) is 17.8 Å². The second-order valence-electron chi connectivity index (χ2n) is 3.33. The highest BCUT2D eigenvalue weighted by molar-refractivity contribution is 7.89. The summed E-state index contributed by atoms with van der Waals surface area (Å²) in [5.74, 6) is 0. The first-order valence-electron chi connectivity index (χ1n) is 4.73. The highest BCUT2D eigenvalue weighted by atomic mass is 35.5. The number of hydrogen-bond acceptors (Lipinski definition) is 4. The van der Waals surface area contributed by atoms with Crippen molar-refractivity contribution in [3.8, 4) is 0 Å². The molecule has 0 aromatic carbocycles. The number of halogens is 1. The predicted octanol–water partition coefficient (Wildman–Crippen LogP) is 0.123. The van der Waals surface area contributed by atoms with Gasteiger partial charge in [-0.1, -0.05) is 18.5 Å². The van der Waals surface area contributed by atoms with E-state index >= 15 is 0 Å². The lowest BCUT2D eigenvalue weighted by atomic mass is 10.3. The molecule has 0 bridgehead atoms. The number of sulfonamides is 1. The minimum atomic E-state index is -3.74. The fourth-order valence-electron chi connectivity index (χ4n) is 1.23. The Bertz CT molecular complexity index is 434. The molecular weight excluding hydrogens is 254 g/mol. The molecule has 0 spiro atoms. The summed E-state index contributed by atoms with van der Waals surface area (Å²) in [6.45, 7) is 1.51. The van der Waals surface area contributed by atoms with Crippen LogP contribution in [0.4, 0.5) is 0 Å². The van der Waals surface area contributed by atoms with E-state index in [1.54, 1.807) is 6.92 Å². The lowest BCUT2D eigenvalue weighted by molar-refractivity contribution is 0.253. The summed E-state index contributed by atoms with van der Waals surface area (Å²) in [7, 11) is -2.26. The van der Waals surface area contributed by atoms with Crippen molar-refractivity contribution < 1.29 is 13.5 Å². The Morgan fingerprint density at radius 1 is 1.69 bits per heavy atom. The molecule has 1 rings (SSSR count). The Morgan fingerprint density at radius 2 is 2.31 bits per heavy atom. The predicted molar refractivity (Wildman–Crippen MR) is 59.7 cm³/mol. The van der Waals surface area contributed by atoms with Crippen LogP contribution in [0.25, 0.3) is 0 Å². The van der Waals surface area contributed by atoms with Crippen LogP contribution >= 0.6 is 11.6 Å². The van der Waals surface area contributed by atoms with E-state index in [-0.39, 0.29) is 16.7 Å². The highest BCUT2D eigenvalue weighted by Gasteiger charge is 2.25. The van der Waals surface area contributed by atoms with Crippen LogP contribution in [0.1, 0.15) is 13.3 Å². The van der Waals surface area contributed by atoms with Crippen molar-refractivity contribution in [2.75, 3.05) is 6.61 Å². The standard InChI is InChI=1S/C8H14ClN3O3S/c1-3-6(5-13)11-16(14,15)8-7(9)4-10-12(8)2/h4,6,11,13H,3,5H2,1-2H3. The van der Waals surface area contributed by atoms with E-state index in [9.17, 15) is 8.42 Å². The van der Waals surface area contributed by atoms with Gasteiger partial charge in [0, 0.05) is 13.1 Å². The van der Waals surface area contributed by atoms with Crippen LogP contribution in [-0.2, 0) is 17.1 Å². The summed E-state index contributed by atoms with van der Waals surface area (Å²) >= 11 is 5.73. The van der Waals surface area contributed by atoms with Gasteiger partial charge in [0.15, 0.2) is 5.03 Å². The van der Waals surface area contributed by atoms with Crippen molar-refractivity contribution >= 4 is 21.6 Å². The summed E-state index contributed by atoms with van der Waals surface area (Å²) < 4.78 is 27.3. The van der Waals surface area contributed by atoms with Gasteiger partial charge in [-0.15, -0.1) is 0 Å². The monoisotopic (exact) mass is 267 g/mol. The molecule has 1 heterocycles. The molecule has 0 aliphatic rings. The third kappa shape index (κ3) is 2.73. The van der Waals surface area contributed by atoms with Crippen molar-refractivity contribution in [3.05, 3.63) is 11.2 Å². The van der Waals surface area contributed by atoms with Crippen molar-refractivity contribution in [1.82, 2.24) is 14.5 Å². The average Bonchev–Trinajstić information content (AvgIpc) is 2.55. The molecule has 1 unspecified atom stereocenters. The van der Waals surface area contributed by atoms with Crippen LogP contribution in [0, 0.1) is 0 Å². The lowest BCUT2D eigenvalue weighted by Crippen LogP contribution is -2.37. The van der Waals surface area contributed by atoms with Gasteiger partial charge in [0.1, 0.15) is 0 Å². The van der Waals surface area contributed by atoms with E-state index < -0.39 is 16.1 Å². The third-order valence-electron chi connectivity index (χ3n) is 2.13. The normalized spacial score (nSPS) is 14.0. The quantitative estimate of drug-likeness (QED) is 0.794. The molecule has 8 heteroatoms. The second-order valence-corrected chi connectivity index (χ2v) is 5.37. The topological polar surface area (TPSA) is 84.2 Å². The first-order valence-corrected chi connectivity index (χ1v) is 6.59. The van der Waals surface area contributed by atoms with Crippen molar-refractivity contribution in [2.45, 2.75) is 24.4 Å². The van der Waals surface area contributed by atoms with Crippen molar-refractivity contribution in [3.63, 3.8) is 0 Å². The zero-order valence-corrected chi connectivity index (χ0v) is 10.6. The maximum Gasteiger partial charge on any atom is 0.259 e. The zero-order valence-electron chi connectivity index (χ0n) is 9.01. The fourth-order valence-corrected chi connectivity index (χ4v) is 3.19. The number of aliphatic hydroxyl groups is 1. The van der Waals surface area contributed by atoms with Gasteiger partial charge >= 0.3 is 0 Å².